The molecule has 0 heterocycles. The summed E-state index contributed by atoms with van der Waals surface area (Å²) >= 11 is 0. The maximum Gasteiger partial charge on any atom is 0.407 e. The summed E-state index contributed by atoms with van der Waals surface area (Å²) < 4.78 is 9.40. The molecular formula is C7H15NO3. The lowest BCUT2D eigenvalue weighted by molar-refractivity contribution is 0.0986. The zero-order chi connectivity index (χ0) is 8.53. The highest BCUT2D eigenvalue weighted by Gasteiger charge is 1.97. The second-order valence-electron chi connectivity index (χ2n) is 2.06. The number of amides is 1. The minimum absolute atomic E-state index is 0.312. The Balaban J connectivity index is 3.09. The van der Waals surface area contributed by atoms with E-state index in [9.17, 15) is 4.79 Å². The Bertz CT molecular complexity index is 106. The number of carbonyl (C=O) groups is 1. The van der Waals surface area contributed by atoms with E-state index in [4.69, 9.17) is 9.47 Å². The maximum absolute atomic E-state index is 10.7. The van der Waals surface area contributed by atoms with Gasteiger partial charge in [-0.2, -0.15) is 0 Å². The molecule has 0 rings (SSSR count). The van der Waals surface area contributed by atoms with Crippen LogP contribution in [0.4, 0.5) is 4.79 Å². The zero-order valence-electron chi connectivity index (χ0n) is 7.05. The van der Waals surface area contributed by atoms with Crippen molar-refractivity contribution in [2.24, 2.45) is 0 Å². The molecule has 1 amide bonds. The molecule has 0 aromatic heterocycles. The molecule has 4 nitrogen and oxygen atoms in total. The van der Waals surface area contributed by atoms with Crippen molar-refractivity contribution in [1.82, 2.24) is 5.32 Å². The SMILES string of the molecule is CCCNC(=O)OCCOC. The van der Waals surface area contributed by atoms with E-state index in [-0.39, 0.29) is 6.09 Å². The van der Waals surface area contributed by atoms with Crippen molar-refractivity contribution in [2.75, 3.05) is 26.9 Å². The molecule has 0 radical (unpaired) electrons. The van der Waals surface area contributed by atoms with E-state index < -0.39 is 0 Å². The van der Waals surface area contributed by atoms with Gasteiger partial charge in [-0.1, -0.05) is 6.92 Å². The summed E-state index contributed by atoms with van der Waals surface area (Å²) in [4.78, 5) is 10.7. The summed E-state index contributed by atoms with van der Waals surface area (Å²) in [6.45, 7) is 3.40. The van der Waals surface area contributed by atoms with Gasteiger partial charge in [0.25, 0.3) is 0 Å². The lowest BCUT2D eigenvalue weighted by Gasteiger charge is -2.04. The highest BCUT2D eigenvalue weighted by atomic mass is 16.6. The summed E-state index contributed by atoms with van der Waals surface area (Å²) in [5.74, 6) is 0. The molecule has 0 aliphatic heterocycles. The topological polar surface area (TPSA) is 47.6 Å². The van der Waals surface area contributed by atoms with Crippen LogP contribution in [0.5, 0.6) is 0 Å². The Morgan fingerprint density at radius 1 is 1.45 bits per heavy atom. The summed E-state index contributed by atoms with van der Waals surface area (Å²) in [5, 5.41) is 2.57. The Hall–Kier alpha value is -0.770. The number of carbonyl (C=O) groups excluding carboxylic acids is 1. The maximum atomic E-state index is 10.7. The molecule has 66 valence electrons. The van der Waals surface area contributed by atoms with Gasteiger partial charge in [-0.25, -0.2) is 4.79 Å². The number of hydrogen-bond donors (Lipinski definition) is 1. The molecule has 0 aromatic carbocycles. The fraction of sp³-hybridized carbons (Fsp3) is 0.857. The van der Waals surface area contributed by atoms with Crippen LogP contribution >= 0.6 is 0 Å². The largest absolute Gasteiger partial charge is 0.447 e. The minimum Gasteiger partial charge on any atom is -0.447 e. The van der Waals surface area contributed by atoms with Crippen LogP contribution in [0.15, 0.2) is 0 Å². The van der Waals surface area contributed by atoms with Crippen molar-refractivity contribution in [1.29, 1.82) is 0 Å². The number of methoxy groups -OCH3 is 1. The molecule has 4 heteroatoms. The number of alkyl carbamates (subject to hydrolysis) is 1. The van der Waals surface area contributed by atoms with E-state index in [0.29, 0.717) is 19.8 Å². The predicted molar refractivity (Wildman–Crippen MR) is 41.5 cm³/mol. The number of rotatable bonds is 5. The van der Waals surface area contributed by atoms with Gasteiger partial charge in [0.15, 0.2) is 0 Å². The van der Waals surface area contributed by atoms with E-state index in [1.54, 1.807) is 7.11 Å². The van der Waals surface area contributed by atoms with Crippen LogP contribution < -0.4 is 5.32 Å². The van der Waals surface area contributed by atoms with Crippen LogP contribution in [0.25, 0.3) is 0 Å². The number of ether oxygens (including phenoxy) is 2. The van der Waals surface area contributed by atoms with Crippen molar-refractivity contribution >= 4 is 6.09 Å². The molecule has 0 atom stereocenters. The summed E-state index contributed by atoms with van der Waals surface area (Å²) in [6, 6.07) is 0. The molecular weight excluding hydrogens is 146 g/mol. The fourth-order valence-corrected chi connectivity index (χ4v) is 0.496. The Labute approximate surface area is 66.9 Å². The summed E-state index contributed by atoms with van der Waals surface area (Å²) in [7, 11) is 1.56. The van der Waals surface area contributed by atoms with E-state index >= 15 is 0 Å². The third-order valence-electron chi connectivity index (χ3n) is 1.04. The standard InChI is InChI=1S/C7H15NO3/c1-3-4-8-7(9)11-6-5-10-2/h3-6H2,1-2H3,(H,8,9). The Kier molecular flexibility index (Phi) is 6.82. The summed E-state index contributed by atoms with van der Waals surface area (Å²) in [6.07, 6.45) is 0.545. The fourth-order valence-electron chi connectivity index (χ4n) is 0.496. The Morgan fingerprint density at radius 3 is 2.73 bits per heavy atom. The monoisotopic (exact) mass is 161 g/mol. The van der Waals surface area contributed by atoms with E-state index in [2.05, 4.69) is 5.32 Å². The van der Waals surface area contributed by atoms with Gasteiger partial charge in [-0.15, -0.1) is 0 Å². The highest BCUT2D eigenvalue weighted by molar-refractivity contribution is 5.66. The zero-order valence-corrected chi connectivity index (χ0v) is 7.05. The Morgan fingerprint density at radius 2 is 2.18 bits per heavy atom. The normalized spacial score (nSPS) is 9.27. The first kappa shape index (κ1) is 10.2. The van der Waals surface area contributed by atoms with E-state index in [0.717, 1.165) is 6.42 Å². The van der Waals surface area contributed by atoms with Gasteiger partial charge in [0.05, 0.1) is 6.61 Å². The lowest BCUT2D eigenvalue weighted by atomic mass is 10.5. The first-order valence-corrected chi connectivity index (χ1v) is 3.70. The third kappa shape index (κ3) is 7.12. The lowest BCUT2D eigenvalue weighted by Crippen LogP contribution is -2.26. The van der Waals surface area contributed by atoms with Crippen molar-refractivity contribution in [2.45, 2.75) is 13.3 Å². The first-order valence-electron chi connectivity index (χ1n) is 3.70. The van der Waals surface area contributed by atoms with Gasteiger partial charge in [-0.05, 0) is 6.42 Å². The molecule has 0 saturated carbocycles. The second kappa shape index (κ2) is 7.34. The van der Waals surface area contributed by atoms with Crippen molar-refractivity contribution in [3.63, 3.8) is 0 Å². The summed E-state index contributed by atoms with van der Waals surface area (Å²) in [5.41, 5.74) is 0. The average molecular weight is 161 g/mol. The molecule has 0 unspecified atom stereocenters. The predicted octanol–water partition coefficient (Wildman–Crippen LogP) is 0.769. The van der Waals surface area contributed by atoms with Crippen molar-refractivity contribution in [3.05, 3.63) is 0 Å². The molecule has 0 aliphatic rings. The van der Waals surface area contributed by atoms with Crippen LogP contribution in [0.2, 0.25) is 0 Å². The molecule has 0 fully saturated rings. The van der Waals surface area contributed by atoms with Gasteiger partial charge in [-0.3, -0.25) is 0 Å². The molecule has 0 aliphatic carbocycles. The minimum atomic E-state index is -0.371. The second-order valence-corrected chi connectivity index (χ2v) is 2.06. The molecule has 0 aromatic rings. The molecule has 1 N–H and O–H groups in total. The number of hydrogen-bond acceptors (Lipinski definition) is 3. The van der Waals surface area contributed by atoms with Crippen LogP contribution in [-0.2, 0) is 9.47 Å². The van der Waals surface area contributed by atoms with Gasteiger partial charge in [0.2, 0.25) is 0 Å². The van der Waals surface area contributed by atoms with Gasteiger partial charge < -0.3 is 14.8 Å². The average Bonchev–Trinajstić information content (AvgIpc) is 2.01. The van der Waals surface area contributed by atoms with E-state index in [1.807, 2.05) is 6.92 Å². The molecule has 0 saturated heterocycles. The third-order valence-corrected chi connectivity index (χ3v) is 1.04. The van der Waals surface area contributed by atoms with Crippen molar-refractivity contribution < 1.29 is 14.3 Å². The van der Waals surface area contributed by atoms with E-state index in [1.165, 1.54) is 0 Å². The van der Waals surface area contributed by atoms with Gasteiger partial charge >= 0.3 is 6.09 Å². The van der Waals surface area contributed by atoms with Gasteiger partial charge in [0.1, 0.15) is 6.61 Å². The van der Waals surface area contributed by atoms with Crippen LogP contribution in [0, 0.1) is 0 Å². The first-order chi connectivity index (χ1) is 5.31. The van der Waals surface area contributed by atoms with Crippen LogP contribution in [-0.4, -0.2) is 33.0 Å². The van der Waals surface area contributed by atoms with Gasteiger partial charge in [0, 0.05) is 13.7 Å². The number of nitrogens with one attached hydrogen (secondary N) is 1. The highest BCUT2D eigenvalue weighted by Crippen LogP contribution is 1.79. The molecule has 11 heavy (non-hydrogen) atoms. The van der Waals surface area contributed by atoms with Crippen LogP contribution in [0.1, 0.15) is 13.3 Å². The quantitative estimate of drug-likeness (QED) is 0.606. The smallest absolute Gasteiger partial charge is 0.407 e. The van der Waals surface area contributed by atoms with Crippen LogP contribution in [0.3, 0.4) is 0 Å². The molecule has 0 spiro atoms. The van der Waals surface area contributed by atoms with Crippen molar-refractivity contribution in [3.8, 4) is 0 Å². The molecule has 0 bridgehead atoms.